The van der Waals surface area contributed by atoms with Gasteiger partial charge in [-0.25, -0.2) is 17.9 Å². The first-order valence-electron chi connectivity index (χ1n) is 9.97. The summed E-state index contributed by atoms with van der Waals surface area (Å²) in [6, 6.07) is 13.4. The molecular weight excluding hydrogens is 448 g/mol. The lowest BCUT2D eigenvalue weighted by atomic mass is 10.2. The van der Waals surface area contributed by atoms with Gasteiger partial charge in [0.1, 0.15) is 11.6 Å². The molecule has 2 N–H and O–H groups in total. The summed E-state index contributed by atoms with van der Waals surface area (Å²) in [5.74, 6) is -0.427. The number of para-hydroxylation sites is 1. The molecule has 3 rings (SSSR count). The molecule has 1 heterocycles. The molecule has 0 aliphatic heterocycles. The molecule has 0 unspecified atom stereocenters. The summed E-state index contributed by atoms with van der Waals surface area (Å²) in [7, 11) is -2.50. The highest BCUT2D eigenvalue weighted by molar-refractivity contribution is 7.92. The second-order valence-corrected chi connectivity index (χ2v) is 8.89. The number of ether oxygens (including phenoxy) is 2. The number of amides is 1. The van der Waals surface area contributed by atoms with Crippen molar-refractivity contribution in [3.8, 4) is 5.75 Å². The predicted octanol–water partition coefficient (Wildman–Crippen LogP) is 3.07. The highest BCUT2D eigenvalue weighted by Crippen LogP contribution is 2.22. The molecule has 33 heavy (non-hydrogen) atoms. The van der Waals surface area contributed by atoms with Crippen molar-refractivity contribution in [3.05, 3.63) is 66.4 Å². The number of hydrogen-bond acceptors (Lipinski definition) is 7. The van der Waals surface area contributed by atoms with E-state index in [1.54, 1.807) is 29.1 Å². The summed E-state index contributed by atoms with van der Waals surface area (Å²) >= 11 is 0. The predicted molar refractivity (Wildman–Crippen MR) is 122 cm³/mol. The van der Waals surface area contributed by atoms with Crippen LogP contribution in [0.1, 0.15) is 30.2 Å². The SMILES string of the molecule is COc1ccc(S(=O)(=O)Nc2ccccc2C(=O)OCC(=O)Nc2ccnn2C(C)C)cc1. The molecule has 1 aromatic heterocycles. The van der Waals surface area contributed by atoms with E-state index < -0.39 is 28.5 Å². The summed E-state index contributed by atoms with van der Waals surface area (Å²) in [6.07, 6.45) is 1.55. The molecule has 2 aromatic carbocycles. The number of sulfonamides is 1. The number of methoxy groups -OCH3 is 1. The summed E-state index contributed by atoms with van der Waals surface area (Å²) in [4.78, 5) is 24.8. The maximum atomic E-state index is 12.7. The average molecular weight is 473 g/mol. The Balaban J connectivity index is 1.68. The van der Waals surface area contributed by atoms with Gasteiger partial charge in [0.2, 0.25) is 0 Å². The molecule has 0 radical (unpaired) electrons. The van der Waals surface area contributed by atoms with E-state index in [1.165, 1.54) is 43.5 Å². The number of esters is 1. The Morgan fingerprint density at radius 2 is 1.76 bits per heavy atom. The van der Waals surface area contributed by atoms with Crippen molar-refractivity contribution in [2.45, 2.75) is 24.8 Å². The zero-order valence-electron chi connectivity index (χ0n) is 18.3. The average Bonchev–Trinajstić information content (AvgIpc) is 3.26. The van der Waals surface area contributed by atoms with Crippen LogP contribution in [0.25, 0.3) is 0 Å². The zero-order chi connectivity index (χ0) is 24.0. The van der Waals surface area contributed by atoms with Crippen molar-refractivity contribution in [1.82, 2.24) is 9.78 Å². The second kappa shape index (κ2) is 10.2. The Morgan fingerprint density at radius 1 is 1.06 bits per heavy atom. The molecule has 10 nitrogen and oxygen atoms in total. The molecule has 0 atom stereocenters. The maximum absolute atomic E-state index is 12.7. The highest BCUT2D eigenvalue weighted by Gasteiger charge is 2.20. The Morgan fingerprint density at radius 3 is 2.42 bits per heavy atom. The van der Waals surface area contributed by atoms with Crippen molar-refractivity contribution in [1.29, 1.82) is 0 Å². The first-order valence-corrected chi connectivity index (χ1v) is 11.5. The molecule has 0 aliphatic rings. The lowest BCUT2D eigenvalue weighted by Gasteiger charge is -2.13. The number of hydrogen-bond donors (Lipinski definition) is 2. The largest absolute Gasteiger partial charge is 0.497 e. The van der Waals surface area contributed by atoms with E-state index >= 15 is 0 Å². The van der Waals surface area contributed by atoms with Crippen LogP contribution in [-0.4, -0.2) is 43.8 Å². The highest BCUT2D eigenvalue weighted by atomic mass is 32.2. The number of benzene rings is 2. The first-order chi connectivity index (χ1) is 15.7. The van der Waals surface area contributed by atoms with E-state index in [0.29, 0.717) is 11.6 Å². The third kappa shape index (κ3) is 5.89. The second-order valence-electron chi connectivity index (χ2n) is 7.21. The van der Waals surface area contributed by atoms with E-state index in [4.69, 9.17) is 9.47 Å². The number of nitrogens with zero attached hydrogens (tertiary/aromatic N) is 2. The monoisotopic (exact) mass is 472 g/mol. The first kappa shape index (κ1) is 23.8. The Hall–Kier alpha value is -3.86. The quantitative estimate of drug-likeness (QED) is 0.458. The number of aromatic nitrogens is 2. The minimum atomic E-state index is -3.98. The number of carbonyl (C=O) groups is 2. The van der Waals surface area contributed by atoms with Crippen LogP contribution < -0.4 is 14.8 Å². The van der Waals surface area contributed by atoms with Gasteiger partial charge in [-0.2, -0.15) is 5.10 Å². The molecule has 0 saturated carbocycles. The Kier molecular flexibility index (Phi) is 7.34. The van der Waals surface area contributed by atoms with Gasteiger partial charge in [-0.05, 0) is 50.2 Å². The molecule has 11 heteroatoms. The zero-order valence-corrected chi connectivity index (χ0v) is 19.1. The fourth-order valence-corrected chi connectivity index (χ4v) is 4.00. The molecule has 0 fully saturated rings. The summed E-state index contributed by atoms with van der Waals surface area (Å²) in [5, 5.41) is 6.74. The number of nitrogens with one attached hydrogen (secondary N) is 2. The molecule has 0 spiro atoms. The minimum absolute atomic E-state index is 0.00684. The van der Waals surface area contributed by atoms with Crippen LogP contribution in [0.4, 0.5) is 11.5 Å². The Labute approximate surface area is 191 Å². The van der Waals surface area contributed by atoms with Gasteiger partial charge in [0.05, 0.1) is 29.5 Å². The van der Waals surface area contributed by atoms with E-state index in [-0.39, 0.29) is 22.2 Å². The third-order valence-electron chi connectivity index (χ3n) is 4.52. The van der Waals surface area contributed by atoms with E-state index in [2.05, 4.69) is 15.1 Å². The van der Waals surface area contributed by atoms with Crippen LogP contribution in [0.3, 0.4) is 0 Å². The van der Waals surface area contributed by atoms with Gasteiger partial charge in [0.25, 0.3) is 15.9 Å². The molecule has 1 amide bonds. The molecule has 3 aromatic rings. The van der Waals surface area contributed by atoms with Gasteiger partial charge >= 0.3 is 5.97 Å². The van der Waals surface area contributed by atoms with Crippen molar-refractivity contribution in [2.24, 2.45) is 0 Å². The standard InChI is InChI=1S/C22H24N4O6S/c1-15(2)26-20(12-13-23-26)24-21(27)14-32-22(28)18-6-4-5-7-19(18)25-33(29,30)17-10-8-16(31-3)9-11-17/h4-13,15,25H,14H2,1-3H3,(H,24,27). The smallest absolute Gasteiger partial charge is 0.340 e. The number of anilines is 2. The summed E-state index contributed by atoms with van der Waals surface area (Å²) < 4.78 is 39.6. The fourth-order valence-electron chi connectivity index (χ4n) is 2.92. The molecule has 0 bridgehead atoms. The third-order valence-corrected chi connectivity index (χ3v) is 5.90. The lowest BCUT2D eigenvalue weighted by molar-refractivity contribution is -0.119. The van der Waals surface area contributed by atoms with Crippen LogP contribution in [0.15, 0.2) is 65.7 Å². The van der Waals surface area contributed by atoms with Crippen LogP contribution in [0, 0.1) is 0 Å². The van der Waals surface area contributed by atoms with Crippen molar-refractivity contribution < 1.29 is 27.5 Å². The van der Waals surface area contributed by atoms with Gasteiger partial charge in [0.15, 0.2) is 6.61 Å². The van der Waals surface area contributed by atoms with E-state index in [9.17, 15) is 18.0 Å². The summed E-state index contributed by atoms with van der Waals surface area (Å²) in [5.41, 5.74) is -0.00813. The molecule has 0 aliphatic carbocycles. The van der Waals surface area contributed by atoms with E-state index in [1.807, 2.05) is 13.8 Å². The Bertz CT molecular complexity index is 1240. The van der Waals surface area contributed by atoms with Gasteiger partial charge in [-0.15, -0.1) is 0 Å². The minimum Gasteiger partial charge on any atom is -0.497 e. The van der Waals surface area contributed by atoms with E-state index in [0.717, 1.165) is 0 Å². The normalized spacial score (nSPS) is 11.2. The maximum Gasteiger partial charge on any atom is 0.340 e. The molecule has 0 saturated heterocycles. The van der Waals surface area contributed by atoms with Crippen molar-refractivity contribution in [2.75, 3.05) is 23.8 Å². The van der Waals surface area contributed by atoms with Crippen molar-refractivity contribution >= 4 is 33.4 Å². The van der Waals surface area contributed by atoms with Crippen LogP contribution >= 0.6 is 0 Å². The summed E-state index contributed by atoms with van der Waals surface area (Å²) in [6.45, 7) is 3.26. The van der Waals surface area contributed by atoms with Crippen LogP contribution in [0.5, 0.6) is 5.75 Å². The van der Waals surface area contributed by atoms with Gasteiger partial charge in [0, 0.05) is 12.1 Å². The molecule has 174 valence electrons. The van der Waals surface area contributed by atoms with Gasteiger partial charge in [-0.3, -0.25) is 9.52 Å². The number of carbonyl (C=O) groups excluding carboxylic acids is 2. The van der Waals surface area contributed by atoms with Gasteiger partial charge in [-0.1, -0.05) is 12.1 Å². The van der Waals surface area contributed by atoms with Crippen LogP contribution in [-0.2, 0) is 19.6 Å². The fraction of sp³-hybridized carbons (Fsp3) is 0.227. The number of rotatable bonds is 9. The van der Waals surface area contributed by atoms with Crippen LogP contribution in [0.2, 0.25) is 0 Å². The topological polar surface area (TPSA) is 129 Å². The van der Waals surface area contributed by atoms with Gasteiger partial charge < -0.3 is 14.8 Å². The lowest BCUT2D eigenvalue weighted by Crippen LogP contribution is -2.23. The molecular formula is C22H24N4O6S. The van der Waals surface area contributed by atoms with Crippen molar-refractivity contribution in [3.63, 3.8) is 0 Å².